The van der Waals surface area contributed by atoms with Gasteiger partial charge in [0, 0.05) is 12.8 Å². The lowest BCUT2D eigenvalue weighted by Crippen LogP contribution is -2.10. The topological polar surface area (TPSA) is 72.0 Å². The number of nitrogens with zero attached hydrogens (tertiary/aromatic N) is 2. The Balaban J connectivity index is 1.96. The number of hydrogen-bond acceptors (Lipinski definition) is 5. The maximum atomic E-state index is 11.0. The number of rotatable bonds is 5. The predicted octanol–water partition coefficient (Wildman–Crippen LogP) is 1.48. The molecule has 1 aromatic heterocycles. The second kappa shape index (κ2) is 5.30. The van der Waals surface area contributed by atoms with E-state index in [9.17, 15) is 8.42 Å². The molecule has 0 radical (unpaired) electrons. The van der Waals surface area contributed by atoms with Crippen molar-refractivity contribution in [2.45, 2.75) is 6.42 Å². The molecule has 1 aromatic carbocycles. The van der Waals surface area contributed by atoms with Gasteiger partial charge in [0.2, 0.25) is 0 Å². The quantitative estimate of drug-likeness (QED) is 0.829. The third-order valence-corrected chi connectivity index (χ3v) is 3.48. The molecule has 1 heterocycles. The summed E-state index contributed by atoms with van der Waals surface area (Å²) >= 11 is 0. The number of sulfone groups is 1. The Hall–Kier alpha value is -1.69. The second-order valence-corrected chi connectivity index (χ2v) is 6.41. The third kappa shape index (κ3) is 3.66. The van der Waals surface area contributed by atoms with E-state index < -0.39 is 9.84 Å². The zero-order valence-corrected chi connectivity index (χ0v) is 10.9. The van der Waals surface area contributed by atoms with E-state index in [0.29, 0.717) is 18.8 Å². The smallest absolute Gasteiger partial charge is 0.147 e. The van der Waals surface area contributed by atoms with Gasteiger partial charge in [-0.25, -0.2) is 13.4 Å². The minimum Gasteiger partial charge on any atom is -0.369 e. The standard InChI is InChI=1S/C12H15N3O2S/c1-18(16,17)8-4-7-13-12-9-14-10-5-2-3-6-11(10)15-12/h2-3,5-6,9H,4,7-8H2,1H3,(H,13,15). The van der Waals surface area contributed by atoms with Gasteiger partial charge >= 0.3 is 0 Å². The van der Waals surface area contributed by atoms with Gasteiger partial charge in [-0.1, -0.05) is 12.1 Å². The van der Waals surface area contributed by atoms with Gasteiger partial charge in [0.05, 0.1) is 23.0 Å². The van der Waals surface area contributed by atoms with Crippen molar-refractivity contribution in [3.05, 3.63) is 30.5 Å². The van der Waals surface area contributed by atoms with Crippen LogP contribution in [0.4, 0.5) is 5.82 Å². The SMILES string of the molecule is CS(=O)(=O)CCCNc1cnc2ccccc2n1. The van der Waals surface area contributed by atoms with Crippen LogP contribution in [0.3, 0.4) is 0 Å². The normalized spacial score (nSPS) is 11.6. The highest BCUT2D eigenvalue weighted by Crippen LogP contribution is 2.11. The summed E-state index contributed by atoms with van der Waals surface area (Å²) in [5.74, 6) is 0.850. The fourth-order valence-corrected chi connectivity index (χ4v) is 2.26. The van der Waals surface area contributed by atoms with Crippen LogP contribution in [0.25, 0.3) is 11.0 Å². The predicted molar refractivity (Wildman–Crippen MR) is 72.4 cm³/mol. The van der Waals surface area contributed by atoms with Crippen LogP contribution in [0, 0.1) is 0 Å². The van der Waals surface area contributed by atoms with Crippen LogP contribution < -0.4 is 5.32 Å². The molecular formula is C12H15N3O2S. The molecule has 0 unspecified atom stereocenters. The summed E-state index contributed by atoms with van der Waals surface area (Å²) in [6, 6.07) is 7.61. The van der Waals surface area contributed by atoms with E-state index in [-0.39, 0.29) is 5.75 Å². The summed E-state index contributed by atoms with van der Waals surface area (Å²) in [6.07, 6.45) is 3.46. The van der Waals surface area contributed by atoms with Gasteiger partial charge in [0.15, 0.2) is 0 Å². The summed E-state index contributed by atoms with van der Waals surface area (Å²) in [5.41, 5.74) is 1.67. The van der Waals surface area contributed by atoms with E-state index >= 15 is 0 Å². The molecule has 2 rings (SSSR count). The number of para-hydroxylation sites is 2. The van der Waals surface area contributed by atoms with Crippen molar-refractivity contribution >= 4 is 26.7 Å². The van der Waals surface area contributed by atoms with Crippen molar-refractivity contribution in [3.8, 4) is 0 Å². The van der Waals surface area contributed by atoms with E-state index in [2.05, 4.69) is 15.3 Å². The average Bonchev–Trinajstić information content (AvgIpc) is 2.33. The van der Waals surface area contributed by atoms with Crippen molar-refractivity contribution in [2.75, 3.05) is 23.9 Å². The van der Waals surface area contributed by atoms with Gasteiger partial charge in [-0.05, 0) is 18.6 Å². The van der Waals surface area contributed by atoms with E-state index in [4.69, 9.17) is 0 Å². The van der Waals surface area contributed by atoms with Gasteiger partial charge < -0.3 is 5.32 Å². The molecule has 0 bridgehead atoms. The summed E-state index contributed by atoms with van der Waals surface area (Å²) in [4.78, 5) is 8.65. The summed E-state index contributed by atoms with van der Waals surface area (Å²) < 4.78 is 21.9. The first-order chi connectivity index (χ1) is 8.54. The Kier molecular flexibility index (Phi) is 3.76. The minimum absolute atomic E-state index is 0.182. The van der Waals surface area contributed by atoms with Crippen molar-refractivity contribution < 1.29 is 8.42 Å². The molecule has 18 heavy (non-hydrogen) atoms. The number of fused-ring (bicyclic) bond motifs is 1. The Morgan fingerprint density at radius 3 is 2.67 bits per heavy atom. The van der Waals surface area contributed by atoms with Crippen LogP contribution in [0.1, 0.15) is 6.42 Å². The number of benzene rings is 1. The number of anilines is 1. The third-order valence-electron chi connectivity index (χ3n) is 2.45. The summed E-state index contributed by atoms with van der Waals surface area (Å²) in [7, 11) is -2.89. The molecule has 1 N–H and O–H groups in total. The molecule has 5 nitrogen and oxygen atoms in total. The highest BCUT2D eigenvalue weighted by molar-refractivity contribution is 7.90. The monoisotopic (exact) mass is 265 g/mol. The summed E-state index contributed by atoms with van der Waals surface area (Å²) in [5, 5.41) is 3.07. The molecule has 0 aliphatic rings. The van der Waals surface area contributed by atoms with Crippen LogP contribution >= 0.6 is 0 Å². The minimum atomic E-state index is -2.89. The highest BCUT2D eigenvalue weighted by Gasteiger charge is 2.02. The Labute approximate surface area is 106 Å². The van der Waals surface area contributed by atoms with E-state index in [0.717, 1.165) is 11.0 Å². The number of aromatic nitrogens is 2. The lowest BCUT2D eigenvalue weighted by atomic mass is 10.3. The molecular weight excluding hydrogens is 250 g/mol. The van der Waals surface area contributed by atoms with Gasteiger partial charge in [-0.15, -0.1) is 0 Å². The molecule has 0 aliphatic carbocycles. The van der Waals surface area contributed by atoms with Crippen LogP contribution in [0.15, 0.2) is 30.5 Å². The largest absolute Gasteiger partial charge is 0.369 e. The molecule has 96 valence electrons. The van der Waals surface area contributed by atoms with E-state index in [1.54, 1.807) is 6.20 Å². The molecule has 0 atom stereocenters. The van der Waals surface area contributed by atoms with Crippen LogP contribution in [-0.2, 0) is 9.84 Å². The van der Waals surface area contributed by atoms with Crippen molar-refractivity contribution in [2.24, 2.45) is 0 Å². The molecule has 0 fully saturated rings. The van der Waals surface area contributed by atoms with Crippen molar-refractivity contribution in [3.63, 3.8) is 0 Å². The zero-order valence-electron chi connectivity index (χ0n) is 10.1. The fraction of sp³-hybridized carbons (Fsp3) is 0.333. The van der Waals surface area contributed by atoms with Crippen LogP contribution in [0.2, 0.25) is 0 Å². The first-order valence-corrected chi connectivity index (χ1v) is 7.74. The maximum absolute atomic E-state index is 11.0. The number of nitrogens with one attached hydrogen (secondary N) is 1. The van der Waals surface area contributed by atoms with Crippen molar-refractivity contribution in [1.29, 1.82) is 0 Å². The fourth-order valence-electron chi connectivity index (χ4n) is 1.59. The Morgan fingerprint density at radius 2 is 1.94 bits per heavy atom. The first-order valence-electron chi connectivity index (χ1n) is 5.68. The van der Waals surface area contributed by atoms with E-state index in [1.165, 1.54) is 6.26 Å². The van der Waals surface area contributed by atoms with Crippen LogP contribution in [-0.4, -0.2) is 36.9 Å². The maximum Gasteiger partial charge on any atom is 0.147 e. The Bertz CT molecular complexity index is 641. The average molecular weight is 265 g/mol. The molecule has 2 aromatic rings. The van der Waals surface area contributed by atoms with Gasteiger partial charge in [-0.2, -0.15) is 0 Å². The van der Waals surface area contributed by atoms with Gasteiger partial charge in [0.1, 0.15) is 15.7 Å². The second-order valence-electron chi connectivity index (χ2n) is 4.15. The molecule has 0 amide bonds. The molecule has 0 aliphatic heterocycles. The molecule has 0 spiro atoms. The number of hydrogen-bond donors (Lipinski definition) is 1. The molecule has 0 saturated heterocycles. The van der Waals surface area contributed by atoms with Crippen molar-refractivity contribution in [1.82, 2.24) is 9.97 Å². The summed E-state index contributed by atoms with van der Waals surface area (Å²) in [6.45, 7) is 0.570. The van der Waals surface area contributed by atoms with Gasteiger partial charge in [0.25, 0.3) is 0 Å². The molecule has 6 heteroatoms. The highest BCUT2D eigenvalue weighted by atomic mass is 32.2. The zero-order chi connectivity index (χ0) is 13.0. The van der Waals surface area contributed by atoms with E-state index in [1.807, 2.05) is 24.3 Å². The van der Waals surface area contributed by atoms with Crippen LogP contribution in [0.5, 0.6) is 0 Å². The first kappa shape index (κ1) is 12.8. The lowest BCUT2D eigenvalue weighted by molar-refractivity contribution is 0.600. The lowest BCUT2D eigenvalue weighted by Gasteiger charge is -2.05. The Morgan fingerprint density at radius 1 is 1.22 bits per heavy atom. The molecule has 0 saturated carbocycles. The van der Waals surface area contributed by atoms with Gasteiger partial charge in [-0.3, -0.25) is 4.98 Å².